The first-order valence-corrected chi connectivity index (χ1v) is 13.6. The average molecular weight is 579 g/mol. The number of allylic oxidation sites excluding steroid dienone is 2. The number of hydrogen-bond acceptors (Lipinski definition) is 7. The van der Waals surface area contributed by atoms with Crippen molar-refractivity contribution >= 4 is 46.7 Å². The molecule has 1 amide bonds. The molecule has 11 heteroatoms. The Morgan fingerprint density at radius 1 is 1.37 bits per heavy atom. The van der Waals surface area contributed by atoms with E-state index in [1.54, 1.807) is 29.2 Å². The smallest absolute Gasteiger partial charge is 0.311 e. The van der Waals surface area contributed by atoms with Gasteiger partial charge < -0.3 is 19.6 Å². The molecule has 1 N–H and O–H groups in total. The number of halogens is 2. The maximum Gasteiger partial charge on any atom is 0.311 e. The van der Waals surface area contributed by atoms with E-state index in [9.17, 15) is 15.2 Å². The van der Waals surface area contributed by atoms with E-state index in [1.807, 2.05) is 24.0 Å². The normalized spacial score (nSPS) is 23.4. The van der Waals surface area contributed by atoms with Gasteiger partial charge in [0.15, 0.2) is 6.17 Å². The van der Waals surface area contributed by atoms with Gasteiger partial charge in [0.05, 0.1) is 30.9 Å². The largest absolute Gasteiger partial charge is 0.479 e. The lowest BCUT2D eigenvalue weighted by Crippen LogP contribution is -2.57. The van der Waals surface area contributed by atoms with Crippen LogP contribution in [0, 0.1) is 11.3 Å². The van der Waals surface area contributed by atoms with Gasteiger partial charge in [-0.1, -0.05) is 54.6 Å². The van der Waals surface area contributed by atoms with Crippen LogP contribution in [0.2, 0.25) is 0 Å². The number of aliphatic hydroxyl groups excluding tert-OH is 1. The molecule has 9 nitrogen and oxygen atoms in total. The zero-order valence-corrected chi connectivity index (χ0v) is 23.8. The summed E-state index contributed by atoms with van der Waals surface area (Å²) in [6.45, 7) is 7.21. The molecule has 0 aliphatic carbocycles. The molecule has 0 radical (unpaired) electrons. The van der Waals surface area contributed by atoms with Gasteiger partial charge in [-0.2, -0.15) is 10.3 Å². The standard InChI is InChI=1S/C30H32ClFN6O3/c1-4-5-10-23(31)25-19(2)8-6-9-21(25)27-26(32)28-22(17-34-27)29(36-30(40)35-28)37-14-15-38(20(18-37)12-13-33)24(39)11-7-16-41-3/h4-9,11,17,20,26,28H,2,10,12,14-16,18H2,1,3H3,(H,35,40)/b5-4-,11-7+,25-23-/t20-,26?,28?/m0/s1. The van der Waals surface area contributed by atoms with Gasteiger partial charge >= 0.3 is 6.02 Å². The number of amidine groups is 2. The van der Waals surface area contributed by atoms with E-state index >= 15 is 4.39 Å². The van der Waals surface area contributed by atoms with Crippen LogP contribution in [0.3, 0.4) is 0 Å². The van der Waals surface area contributed by atoms with Crippen LogP contribution in [0.4, 0.5) is 4.39 Å². The van der Waals surface area contributed by atoms with Crippen molar-refractivity contribution < 1.29 is 19.0 Å². The number of benzene rings is 1. The molecule has 3 aliphatic rings. The minimum Gasteiger partial charge on any atom is -0.479 e. The molecule has 0 aromatic heterocycles. The zero-order valence-electron chi connectivity index (χ0n) is 23.0. The topological polar surface area (TPSA) is 114 Å². The molecule has 1 aromatic rings. The second-order valence-corrected chi connectivity index (χ2v) is 10.1. The van der Waals surface area contributed by atoms with Crippen molar-refractivity contribution in [2.45, 2.75) is 38.0 Å². The molecule has 0 spiro atoms. The number of nitriles is 1. The van der Waals surface area contributed by atoms with Crippen LogP contribution in [0.5, 0.6) is 0 Å². The highest BCUT2D eigenvalue weighted by atomic mass is 35.5. The number of methoxy groups -OCH3 is 1. The van der Waals surface area contributed by atoms with E-state index in [2.05, 4.69) is 27.6 Å². The first-order chi connectivity index (χ1) is 19.8. The van der Waals surface area contributed by atoms with E-state index in [0.29, 0.717) is 58.6 Å². The van der Waals surface area contributed by atoms with E-state index in [0.717, 1.165) is 0 Å². The number of hydrogen-bond donors (Lipinski definition) is 1. The average Bonchev–Trinajstić information content (AvgIpc) is 2.96. The fourth-order valence-electron chi connectivity index (χ4n) is 5.12. The van der Waals surface area contributed by atoms with Crippen molar-refractivity contribution in [2.75, 3.05) is 33.4 Å². The number of piperazine rings is 1. The summed E-state index contributed by atoms with van der Waals surface area (Å²) >= 11 is 6.63. The molecule has 0 bridgehead atoms. The van der Waals surface area contributed by atoms with Gasteiger partial charge in [0.1, 0.15) is 11.9 Å². The maximum atomic E-state index is 16.3. The summed E-state index contributed by atoms with van der Waals surface area (Å²) in [6, 6.07) is 5.39. The molecule has 1 aromatic carbocycles. The molecule has 3 atom stereocenters. The third-order valence-electron chi connectivity index (χ3n) is 7.06. The quantitative estimate of drug-likeness (QED) is 0.395. The van der Waals surface area contributed by atoms with Crippen molar-refractivity contribution in [1.82, 2.24) is 9.80 Å². The molecular weight excluding hydrogens is 547 g/mol. The number of ether oxygens (including phenoxy) is 1. The Morgan fingerprint density at radius 3 is 2.90 bits per heavy atom. The van der Waals surface area contributed by atoms with Gasteiger partial charge in [-0.05, 0) is 12.1 Å². The van der Waals surface area contributed by atoms with Gasteiger partial charge in [-0.15, -0.1) is 0 Å². The number of carbonyl (C=O) groups is 1. The molecule has 1 saturated heterocycles. The van der Waals surface area contributed by atoms with E-state index in [1.165, 1.54) is 19.4 Å². The number of rotatable bonds is 7. The number of fused-ring (bicyclic) bond motifs is 1. The van der Waals surface area contributed by atoms with E-state index in [-0.39, 0.29) is 24.6 Å². The van der Waals surface area contributed by atoms with Crippen molar-refractivity contribution in [3.8, 4) is 6.07 Å². The van der Waals surface area contributed by atoms with Crippen molar-refractivity contribution in [3.05, 3.63) is 70.3 Å². The third kappa shape index (κ3) is 6.47. The zero-order chi connectivity index (χ0) is 29.5. The highest BCUT2D eigenvalue weighted by Gasteiger charge is 2.41. The fraction of sp³-hybridized carbons (Fsp3) is 0.367. The Kier molecular flexibility index (Phi) is 9.86. The Balaban J connectivity index is 1.68. The van der Waals surface area contributed by atoms with Crippen LogP contribution in [0.25, 0.3) is 11.6 Å². The number of amides is 1. The summed E-state index contributed by atoms with van der Waals surface area (Å²) in [4.78, 5) is 29.1. The minimum atomic E-state index is -1.70. The number of aliphatic hydroxyl groups is 1. The molecule has 1 fully saturated rings. The predicted molar refractivity (Wildman–Crippen MR) is 159 cm³/mol. The number of carbonyl (C=O) groups excluding carboxylic acids is 1. The summed E-state index contributed by atoms with van der Waals surface area (Å²) < 4.78 is 21.2. The van der Waals surface area contributed by atoms with Crippen LogP contribution >= 0.6 is 11.6 Å². The Labute approximate surface area is 243 Å². The van der Waals surface area contributed by atoms with E-state index < -0.39 is 24.3 Å². The summed E-state index contributed by atoms with van der Waals surface area (Å²) in [5.74, 6) is 0.0971. The van der Waals surface area contributed by atoms with Crippen molar-refractivity contribution in [3.63, 3.8) is 0 Å². The van der Waals surface area contributed by atoms with Crippen LogP contribution in [0.1, 0.15) is 25.3 Å². The lowest BCUT2D eigenvalue weighted by Gasteiger charge is -2.43. The molecule has 4 rings (SSSR count). The van der Waals surface area contributed by atoms with Crippen molar-refractivity contribution in [2.24, 2.45) is 15.0 Å². The fourth-order valence-corrected chi connectivity index (χ4v) is 5.43. The summed E-state index contributed by atoms with van der Waals surface area (Å²) in [7, 11) is 1.54. The molecule has 2 unspecified atom stereocenters. The predicted octanol–water partition coefficient (Wildman–Crippen LogP) is 2.76. The van der Waals surface area contributed by atoms with Gasteiger partial charge in [-0.3, -0.25) is 9.79 Å². The third-order valence-corrected chi connectivity index (χ3v) is 7.41. The lowest BCUT2D eigenvalue weighted by molar-refractivity contribution is -0.130. The van der Waals surface area contributed by atoms with Gasteiger partial charge in [0.25, 0.3) is 0 Å². The van der Waals surface area contributed by atoms with Gasteiger partial charge in [-0.25, -0.2) is 9.38 Å². The summed E-state index contributed by atoms with van der Waals surface area (Å²) in [6.07, 6.45) is 7.22. The molecule has 214 valence electrons. The van der Waals surface area contributed by atoms with E-state index in [4.69, 9.17) is 16.3 Å². The number of alkyl halides is 1. The Hall–Kier alpha value is -4.07. The Morgan fingerprint density at radius 2 is 2.17 bits per heavy atom. The molecule has 3 aliphatic heterocycles. The van der Waals surface area contributed by atoms with Crippen molar-refractivity contribution in [1.29, 1.82) is 5.26 Å². The molecule has 41 heavy (non-hydrogen) atoms. The lowest BCUT2D eigenvalue weighted by atomic mass is 9.90. The van der Waals surface area contributed by atoms with Gasteiger partial charge in [0, 0.05) is 66.8 Å². The summed E-state index contributed by atoms with van der Waals surface area (Å²) in [5, 5.41) is 21.7. The highest BCUT2D eigenvalue weighted by molar-refractivity contribution is 6.45. The van der Waals surface area contributed by atoms with Crippen LogP contribution in [-0.2, 0) is 9.53 Å². The molecule has 0 saturated carbocycles. The molecular formula is C30H32ClFN6O3. The Bertz CT molecular complexity index is 1520. The number of aliphatic imine (C=N–C) groups is 3. The van der Waals surface area contributed by atoms with Gasteiger partial charge in [0.2, 0.25) is 5.91 Å². The highest BCUT2D eigenvalue weighted by Crippen LogP contribution is 2.29. The number of nitrogens with zero attached hydrogens (tertiary/aromatic N) is 6. The van der Waals surface area contributed by atoms with Crippen LogP contribution in [0.15, 0.2) is 69.3 Å². The first kappa shape index (κ1) is 29.9. The van der Waals surface area contributed by atoms with Crippen LogP contribution < -0.4 is 10.4 Å². The molecule has 3 heterocycles. The summed E-state index contributed by atoms with van der Waals surface area (Å²) in [5.41, 5.74) is 1.05. The van der Waals surface area contributed by atoms with Crippen LogP contribution in [-0.4, -0.2) is 90.0 Å². The second-order valence-electron chi connectivity index (χ2n) is 9.68. The second kappa shape index (κ2) is 13.5. The minimum absolute atomic E-state index is 0.0961. The maximum absolute atomic E-state index is 16.3. The SMILES string of the molecule is C=c1cccc(C2=NC=C3C(N4CCN(C(=O)/C=C/COC)[C@@H](CC#N)C4)=NC(O)=NC3C2F)/c1=C(\Cl)C/C=C\C. The first-order valence-electron chi connectivity index (χ1n) is 13.2. The monoisotopic (exact) mass is 578 g/mol.